The first-order valence-corrected chi connectivity index (χ1v) is 6.17. The molecule has 1 fully saturated rings. The van der Waals surface area contributed by atoms with E-state index in [1.54, 1.807) is 0 Å². The molecule has 0 bridgehead atoms. The van der Waals surface area contributed by atoms with Gasteiger partial charge in [-0.15, -0.1) is 0 Å². The summed E-state index contributed by atoms with van der Waals surface area (Å²) in [5, 5.41) is 0. The first-order chi connectivity index (χ1) is 7.88. The van der Waals surface area contributed by atoms with E-state index < -0.39 is 0 Å². The van der Waals surface area contributed by atoms with Gasteiger partial charge in [-0.25, -0.2) is 0 Å². The number of benzene rings is 1. The molecule has 1 aliphatic rings. The number of methoxy groups -OCH3 is 1. The fraction of sp³-hybridized carbons (Fsp3) is 0.571. The lowest BCUT2D eigenvalue weighted by atomic mass is 10.1. The van der Waals surface area contributed by atoms with Crippen LogP contribution < -0.4 is 0 Å². The molecule has 0 unspecified atom stereocenters. The molecule has 0 aromatic heterocycles. The van der Waals surface area contributed by atoms with Crippen LogP contribution in [0.4, 0.5) is 0 Å². The SMILES string of the molecule is COC1CCN(CCc2ccccc2)CC1. The van der Waals surface area contributed by atoms with Crippen LogP contribution in [0.5, 0.6) is 0 Å². The number of piperidine rings is 1. The lowest BCUT2D eigenvalue weighted by Crippen LogP contribution is -2.37. The number of hydrogen-bond donors (Lipinski definition) is 0. The lowest BCUT2D eigenvalue weighted by Gasteiger charge is -2.31. The smallest absolute Gasteiger partial charge is 0.0595 e. The third-order valence-electron chi connectivity index (χ3n) is 3.43. The zero-order valence-corrected chi connectivity index (χ0v) is 10.1. The van der Waals surface area contributed by atoms with Crippen LogP contribution in [0.15, 0.2) is 30.3 Å². The molecule has 2 rings (SSSR count). The van der Waals surface area contributed by atoms with E-state index in [-0.39, 0.29) is 0 Å². The van der Waals surface area contributed by atoms with Crippen LogP contribution in [0, 0.1) is 0 Å². The minimum atomic E-state index is 0.493. The Hall–Kier alpha value is -0.860. The van der Waals surface area contributed by atoms with E-state index >= 15 is 0 Å². The molecule has 88 valence electrons. The van der Waals surface area contributed by atoms with Crippen molar-refractivity contribution in [3.8, 4) is 0 Å². The first-order valence-electron chi connectivity index (χ1n) is 6.17. The van der Waals surface area contributed by atoms with Gasteiger partial charge < -0.3 is 9.64 Å². The zero-order chi connectivity index (χ0) is 11.2. The van der Waals surface area contributed by atoms with Crippen molar-refractivity contribution in [2.24, 2.45) is 0 Å². The second-order valence-corrected chi connectivity index (χ2v) is 4.51. The Balaban J connectivity index is 1.72. The standard InChI is InChI=1S/C14H21NO/c1-16-14-8-11-15(12-9-14)10-7-13-5-3-2-4-6-13/h2-6,14H,7-12H2,1H3. The van der Waals surface area contributed by atoms with Crippen LogP contribution in [0.25, 0.3) is 0 Å². The van der Waals surface area contributed by atoms with Crippen molar-refractivity contribution in [2.75, 3.05) is 26.7 Å². The van der Waals surface area contributed by atoms with E-state index in [2.05, 4.69) is 35.2 Å². The number of likely N-dealkylation sites (tertiary alicyclic amines) is 1. The lowest BCUT2D eigenvalue weighted by molar-refractivity contribution is 0.0415. The van der Waals surface area contributed by atoms with Crippen LogP contribution in [0.2, 0.25) is 0 Å². The van der Waals surface area contributed by atoms with E-state index in [0.717, 1.165) is 0 Å². The summed E-state index contributed by atoms with van der Waals surface area (Å²) >= 11 is 0. The number of ether oxygens (including phenoxy) is 1. The quantitative estimate of drug-likeness (QED) is 0.770. The minimum Gasteiger partial charge on any atom is -0.381 e. The molecule has 0 saturated carbocycles. The van der Waals surface area contributed by atoms with Gasteiger partial charge in [0.1, 0.15) is 0 Å². The molecule has 16 heavy (non-hydrogen) atoms. The van der Waals surface area contributed by atoms with Gasteiger partial charge in [0.05, 0.1) is 6.10 Å². The Morgan fingerprint density at radius 2 is 1.88 bits per heavy atom. The average molecular weight is 219 g/mol. The van der Waals surface area contributed by atoms with Gasteiger partial charge in [-0.05, 0) is 24.8 Å². The van der Waals surface area contributed by atoms with Gasteiger partial charge >= 0.3 is 0 Å². The summed E-state index contributed by atoms with van der Waals surface area (Å²) in [6.07, 6.45) is 4.03. The maximum Gasteiger partial charge on any atom is 0.0595 e. The van der Waals surface area contributed by atoms with Gasteiger partial charge in [0.2, 0.25) is 0 Å². The van der Waals surface area contributed by atoms with Gasteiger partial charge in [-0.2, -0.15) is 0 Å². The van der Waals surface area contributed by atoms with E-state index in [9.17, 15) is 0 Å². The summed E-state index contributed by atoms with van der Waals surface area (Å²) in [5.74, 6) is 0. The number of rotatable bonds is 4. The molecule has 0 amide bonds. The zero-order valence-electron chi connectivity index (χ0n) is 10.1. The molecule has 2 nitrogen and oxygen atoms in total. The predicted octanol–water partition coefficient (Wildman–Crippen LogP) is 2.34. The summed E-state index contributed by atoms with van der Waals surface area (Å²) in [6, 6.07) is 10.7. The van der Waals surface area contributed by atoms with Crippen molar-refractivity contribution in [2.45, 2.75) is 25.4 Å². The second-order valence-electron chi connectivity index (χ2n) is 4.51. The molecule has 1 heterocycles. The third kappa shape index (κ3) is 3.32. The highest BCUT2D eigenvalue weighted by molar-refractivity contribution is 5.14. The molecule has 0 spiro atoms. The second kappa shape index (κ2) is 6.02. The topological polar surface area (TPSA) is 12.5 Å². The Bertz CT molecular complexity index is 291. The van der Waals surface area contributed by atoms with Gasteiger partial charge in [0.25, 0.3) is 0 Å². The molecule has 0 atom stereocenters. The fourth-order valence-corrected chi connectivity index (χ4v) is 2.30. The van der Waals surface area contributed by atoms with Crippen LogP contribution in [0.3, 0.4) is 0 Å². The molecule has 2 heteroatoms. The Morgan fingerprint density at radius 1 is 1.19 bits per heavy atom. The van der Waals surface area contributed by atoms with E-state index in [4.69, 9.17) is 4.74 Å². The summed E-state index contributed by atoms with van der Waals surface area (Å²) < 4.78 is 5.38. The molecule has 1 aliphatic heterocycles. The summed E-state index contributed by atoms with van der Waals surface area (Å²) in [7, 11) is 1.82. The van der Waals surface area contributed by atoms with Crippen LogP contribution in [-0.2, 0) is 11.2 Å². The van der Waals surface area contributed by atoms with Crippen molar-refractivity contribution in [1.29, 1.82) is 0 Å². The normalized spacial score (nSPS) is 18.8. The predicted molar refractivity (Wildman–Crippen MR) is 66.6 cm³/mol. The summed E-state index contributed by atoms with van der Waals surface area (Å²) in [5.41, 5.74) is 1.44. The van der Waals surface area contributed by atoms with Gasteiger partial charge in [-0.1, -0.05) is 30.3 Å². The fourth-order valence-electron chi connectivity index (χ4n) is 2.30. The Labute approximate surface area is 98.2 Å². The Kier molecular flexibility index (Phi) is 4.37. The first kappa shape index (κ1) is 11.6. The monoisotopic (exact) mass is 219 g/mol. The van der Waals surface area contributed by atoms with E-state index in [1.165, 1.54) is 44.5 Å². The number of nitrogens with zero attached hydrogens (tertiary/aromatic N) is 1. The van der Waals surface area contributed by atoms with Gasteiger partial charge in [0, 0.05) is 26.7 Å². The molecule has 1 saturated heterocycles. The van der Waals surface area contributed by atoms with Gasteiger partial charge in [-0.3, -0.25) is 0 Å². The minimum absolute atomic E-state index is 0.493. The highest BCUT2D eigenvalue weighted by Gasteiger charge is 2.17. The van der Waals surface area contributed by atoms with Crippen molar-refractivity contribution in [3.05, 3.63) is 35.9 Å². The van der Waals surface area contributed by atoms with Crippen LogP contribution >= 0.6 is 0 Å². The average Bonchev–Trinajstić information content (AvgIpc) is 2.38. The molecule has 1 aromatic rings. The summed E-state index contributed by atoms with van der Waals surface area (Å²) in [6.45, 7) is 3.55. The van der Waals surface area contributed by atoms with E-state index in [1.807, 2.05) is 7.11 Å². The maximum atomic E-state index is 5.38. The highest BCUT2D eigenvalue weighted by Crippen LogP contribution is 2.13. The molecular formula is C14H21NO. The van der Waals surface area contributed by atoms with Crippen LogP contribution in [-0.4, -0.2) is 37.7 Å². The molecule has 0 aliphatic carbocycles. The molecule has 0 radical (unpaired) electrons. The maximum absolute atomic E-state index is 5.38. The van der Waals surface area contributed by atoms with Crippen LogP contribution in [0.1, 0.15) is 18.4 Å². The number of hydrogen-bond acceptors (Lipinski definition) is 2. The Morgan fingerprint density at radius 3 is 2.50 bits per heavy atom. The summed E-state index contributed by atoms with van der Waals surface area (Å²) in [4.78, 5) is 2.54. The van der Waals surface area contributed by atoms with Crippen molar-refractivity contribution >= 4 is 0 Å². The van der Waals surface area contributed by atoms with Gasteiger partial charge in [0.15, 0.2) is 0 Å². The van der Waals surface area contributed by atoms with Crippen molar-refractivity contribution < 1.29 is 4.74 Å². The highest BCUT2D eigenvalue weighted by atomic mass is 16.5. The largest absolute Gasteiger partial charge is 0.381 e. The van der Waals surface area contributed by atoms with Crippen molar-refractivity contribution in [1.82, 2.24) is 4.90 Å². The molecule has 0 N–H and O–H groups in total. The van der Waals surface area contributed by atoms with E-state index in [0.29, 0.717) is 6.10 Å². The van der Waals surface area contributed by atoms with Crippen molar-refractivity contribution in [3.63, 3.8) is 0 Å². The molecule has 1 aromatic carbocycles. The third-order valence-corrected chi connectivity index (χ3v) is 3.43. The molecular weight excluding hydrogens is 198 g/mol.